The molecule has 0 radical (unpaired) electrons. The van der Waals surface area contributed by atoms with Gasteiger partial charge >= 0.3 is 0 Å². The van der Waals surface area contributed by atoms with Crippen molar-refractivity contribution in [1.29, 1.82) is 5.26 Å². The van der Waals surface area contributed by atoms with E-state index in [0.29, 0.717) is 40.1 Å². The summed E-state index contributed by atoms with van der Waals surface area (Å²) in [5, 5.41) is 15.4. The molecule has 0 bridgehead atoms. The molecule has 0 spiro atoms. The van der Waals surface area contributed by atoms with Gasteiger partial charge in [-0.25, -0.2) is 9.97 Å². The second kappa shape index (κ2) is 8.60. The zero-order valence-corrected chi connectivity index (χ0v) is 15.7. The lowest BCUT2D eigenvalue weighted by atomic mass is 10.2. The Morgan fingerprint density at radius 2 is 1.46 bits per heavy atom. The first-order valence-electron chi connectivity index (χ1n) is 8.33. The highest BCUT2D eigenvalue weighted by molar-refractivity contribution is 5.68. The Morgan fingerprint density at radius 1 is 0.821 bits per heavy atom. The Balaban J connectivity index is 1.84. The van der Waals surface area contributed by atoms with E-state index in [9.17, 15) is 0 Å². The van der Waals surface area contributed by atoms with Crippen LogP contribution in [0.5, 0.6) is 17.2 Å². The molecule has 0 saturated carbocycles. The van der Waals surface area contributed by atoms with Gasteiger partial charge in [-0.15, -0.1) is 0 Å². The average Bonchev–Trinajstić information content (AvgIpc) is 2.73. The first-order chi connectivity index (χ1) is 13.7. The van der Waals surface area contributed by atoms with Crippen molar-refractivity contribution in [3.05, 3.63) is 54.4 Å². The van der Waals surface area contributed by atoms with E-state index in [1.807, 2.05) is 6.07 Å². The fourth-order valence-corrected chi connectivity index (χ4v) is 2.61. The summed E-state index contributed by atoms with van der Waals surface area (Å²) in [6.45, 7) is 0. The third-order valence-corrected chi connectivity index (χ3v) is 3.87. The minimum absolute atomic E-state index is 0.512. The van der Waals surface area contributed by atoms with Crippen molar-refractivity contribution in [3.63, 3.8) is 0 Å². The van der Waals surface area contributed by atoms with Crippen molar-refractivity contribution in [2.24, 2.45) is 0 Å². The Kier molecular flexibility index (Phi) is 5.77. The van der Waals surface area contributed by atoms with Gasteiger partial charge in [0.15, 0.2) is 11.5 Å². The number of hydrogen-bond donors (Lipinski definition) is 2. The highest BCUT2D eigenvalue weighted by Gasteiger charge is 2.13. The Hall–Kier alpha value is -3.99. The van der Waals surface area contributed by atoms with Crippen molar-refractivity contribution in [1.82, 2.24) is 9.97 Å². The predicted molar refractivity (Wildman–Crippen MR) is 106 cm³/mol. The fourth-order valence-electron chi connectivity index (χ4n) is 2.61. The zero-order chi connectivity index (χ0) is 19.9. The maximum absolute atomic E-state index is 9.02. The van der Waals surface area contributed by atoms with E-state index in [2.05, 4.69) is 26.7 Å². The second-order valence-corrected chi connectivity index (χ2v) is 5.65. The molecule has 0 aliphatic heterocycles. The van der Waals surface area contributed by atoms with E-state index in [1.54, 1.807) is 57.7 Å². The summed E-state index contributed by atoms with van der Waals surface area (Å²) >= 11 is 0. The molecule has 3 rings (SSSR count). The quantitative estimate of drug-likeness (QED) is 0.640. The van der Waals surface area contributed by atoms with Crippen molar-refractivity contribution >= 4 is 23.0 Å². The summed E-state index contributed by atoms with van der Waals surface area (Å²) < 4.78 is 16.1. The zero-order valence-electron chi connectivity index (χ0n) is 15.7. The molecule has 0 amide bonds. The van der Waals surface area contributed by atoms with Crippen LogP contribution in [0.15, 0.2) is 48.8 Å². The number of nitrogens with zero attached hydrogens (tertiary/aromatic N) is 3. The number of aromatic nitrogens is 2. The van der Waals surface area contributed by atoms with Gasteiger partial charge in [0.2, 0.25) is 5.75 Å². The first kappa shape index (κ1) is 18.8. The van der Waals surface area contributed by atoms with Gasteiger partial charge in [-0.3, -0.25) is 0 Å². The smallest absolute Gasteiger partial charge is 0.203 e. The first-order valence-corrected chi connectivity index (χ1v) is 8.33. The number of benzene rings is 2. The summed E-state index contributed by atoms with van der Waals surface area (Å²) in [5.41, 5.74) is 2.04. The molecule has 2 aromatic carbocycles. The van der Waals surface area contributed by atoms with Gasteiger partial charge in [-0.05, 0) is 18.2 Å². The predicted octanol–water partition coefficient (Wildman–Crippen LogP) is 3.86. The molecule has 1 heterocycles. The van der Waals surface area contributed by atoms with Crippen molar-refractivity contribution in [2.45, 2.75) is 0 Å². The van der Waals surface area contributed by atoms with Crippen LogP contribution < -0.4 is 24.8 Å². The minimum atomic E-state index is 0.512. The third-order valence-electron chi connectivity index (χ3n) is 3.87. The molecule has 0 atom stereocenters. The summed E-state index contributed by atoms with van der Waals surface area (Å²) in [6.07, 6.45) is 1.44. The van der Waals surface area contributed by atoms with Gasteiger partial charge in [0.05, 0.1) is 33.0 Å². The number of nitrogens with one attached hydrogen (secondary N) is 2. The van der Waals surface area contributed by atoms with Crippen molar-refractivity contribution < 1.29 is 14.2 Å². The van der Waals surface area contributed by atoms with Crippen molar-refractivity contribution in [3.8, 4) is 23.3 Å². The third kappa shape index (κ3) is 4.22. The fraction of sp³-hybridized carbons (Fsp3) is 0.150. The maximum Gasteiger partial charge on any atom is 0.203 e. The van der Waals surface area contributed by atoms with Crippen LogP contribution in [-0.4, -0.2) is 31.3 Å². The number of anilines is 4. The van der Waals surface area contributed by atoms with Crippen LogP contribution in [0.1, 0.15) is 5.56 Å². The summed E-state index contributed by atoms with van der Waals surface area (Å²) in [5.74, 6) is 2.73. The van der Waals surface area contributed by atoms with E-state index < -0.39 is 0 Å². The van der Waals surface area contributed by atoms with Crippen LogP contribution in [0.3, 0.4) is 0 Å². The molecule has 8 nitrogen and oxygen atoms in total. The molecular weight excluding hydrogens is 358 g/mol. The normalized spacial score (nSPS) is 9.93. The molecule has 3 aromatic rings. The average molecular weight is 377 g/mol. The number of nitriles is 1. The highest BCUT2D eigenvalue weighted by Crippen LogP contribution is 2.40. The van der Waals surface area contributed by atoms with Crippen LogP contribution in [-0.2, 0) is 0 Å². The van der Waals surface area contributed by atoms with Gasteiger partial charge in [0, 0.05) is 29.6 Å². The lowest BCUT2D eigenvalue weighted by molar-refractivity contribution is 0.324. The SMILES string of the molecule is COc1cc(Nc2cc(Nc3cccc(C#N)c3)ncn2)cc(OC)c1OC. The second-order valence-electron chi connectivity index (χ2n) is 5.65. The van der Waals surface area contributed by atoms with Crippen LogP contribution in [0, 0.1) is 11.3 Å². The summed E-state index contributed by atoms with van der Waals surface area (Å²) in [7, 11) is 4.67. The number of hydrogen-bond acceptors (Lipinski definition) is 8. The standard InChI is InChI=1S/C20H19N5O3/c1-26-16-8-15(9-17(27-2)20(16)28-3)25-19-10-18(22-12-23-19)24-14-6-4-5-13(7-14)11-21/h4-10,12H,1-3H3,(H2,22,23,24,25). The van der Waals surface area contributed by atoms with E-state index in [4.69, 9.17) is 19.5 Å². The molecule has 0 fully saturated rings. The van der Waals surface area contributed by atoms with E-state index in [0.717, 1.165) is 5.69 Å². The Labute approximate surface area is 162 Å². The molecule has 1 aromatic heterocycles. The largest absolute Gasteiger partial charge is 0.493 e. The van der Waals surface area contributed by atoms with Gasteiger partial charge in [-0.1, -0.05) is 6.07 Å². The molecule has 28 heavy (non-hydrogen) atoms. The molecular formula is C20H19N5O3. The summed E-state index contributed by atoms with van der Waals surface area (Å²) in [6, 6.07) is 14.6. The maximum atomic E-state index is 9.02. The molecule has 0 saturated heterocycles. The topological polar surface area (TPSA) is 101 Å². The van der Waals surface area contributed by atoms with Gasteiger partial charge in [0.1, 0.15) is 18.0 Å². The Morgan fingerprint density at radius 3 is 2.04 bits per heavy atom. The van der Waals surface area contributed by atoms with Crippen LogP contribution in [0.25, 0.3) is 0 Å². The number of rotatable bonds is 7. The molecule has 0 unspecified atom stereocenters. The van der Waals surface area contributed by atoms with Crippen LogP contribution in [0.2, 0.25) is 0 Å². The molecule has 0 aliphatic carbocycles. The van der Waals surface area contributed by atoms with E-state index in [1.165, 1.54) is 6.33 Å². The number of ether oxygens (including phenoxy) is 3. The van der Waals surface area contributed by atoms with Gasteiger partial charge < -0.3 is 24.8 Å². The highest BCUT2D eigenvalue weighted by atomic mass is 16.5. The van der Waals surface area contributed by atoms with Gasteiger partial charge in [-0.2, -0.15) is 5.26 Å². The monoisotopic (exact) mass is 377 g/mol. The van der Waals surface area contributed by atoms with Gasteiger partial charge in [0.25, 0.3) is 0 Å². The minimum Gasteiger partial charge on any atom is -0.493 e. The number of methoxy groups -OCH3 is 3. The molecule has 142 valence electrons. The Bertz CT molecular complexity index is 992. The summed E-state index contributed by atoms with van der Waals surface area (Å²) in [4.78, 5) is 8.45. The van der Waals surface area contributed by atoms with Crippen molar-refractivity contribution in [2.75, 3.05) is 32.0 Å². The van der Waals surface area contributed by atoms with Crippen LogP contribution >= 0.6 is 0 Å². The van der Waals surface area contributed by atoms with E-state index >= 15 is 0 Å². The lowest BCUT2D eigenvalue weighted by Gasteiger charge is -2.15. The molecule has 0 aliphatic rings. The van der Waals surface area contributed by atoms with Crippen LogP contribution in [0.4, 0.5) is 23.0 Å². The lowest BCUT2D eigenvalue weighted by Crippen LogP contribution is -2.00. The van der Waals surface area contributed by atoms with E-state index in [-0.39, 0.29) is 0 Å². The molecule has 8 heteroatoms. The molecule has 2 N–H and O–H groups in total.